The van der Waals surface area contributed by atoms with Crippen molar-refractivity contribution in [1.29, 1.82) is 5.26 Å². The van der Waals surface area contributed by atoms with Crippen molar-refractivity contribution in [2.45, 2.75) is 19.4 Å². The van der Waals surface area contributed by atoms with E-state index in [1.54, 1.807) is 30.3 Å². The van der Waals surface area contributed by atoms with Crippen molar-refractivity contribution < 1.29 is 4.39 Å². The van der Waals surface area contributed by atoms with Crippen molar-refractivity contribution in [1.82, 2.24) is 0 Å². The highest BCUT2D eigenvalue weighted by Gasteiger charge is 2.11. The molecule has 0 aromatic heterocycles. The lowest BCUT2D eigenvalue weighted by Crippen LogP contribution is -2.10. The third kappa shape index (κ3) is 3.28. The molecule has 0 saturated heterocycles. The molecule has 2 nitrogen and oxygen atoms in total. The summed E-state index contributed by atoms with van der Waals surface area (Å²) >= 11 is 6.14. The Kier molecular flexibility index (Phi) is 4.60. The van der Waals surface area contributed by atoms with Gasteiger partial charge in [0.05, 0.1) is 28.4 Å². The van der Waals surface area contributed by atoms with Gasteiger partial charge in [-0.1, -0.05) is 30.7 Å². The first-order valence-electron chi connectivity index (χ1n) is 6.35. The number of hydrogen-bond donors (Lipinski definition) is 1. The van der Waals surface area contributed by atoms with Crippen molar-refractivity contribution in [3.63, 3.8) is 0 Å². The SMILES string of the molecule is CCC(Nc1cc(C#N)ccc1Cl)c1ccc(F)cc1. The van der Waals surface area contributed by atoms with Gasteiger partial charge in [0.1, 0.15) is 5.82 Å². The van der Waals surface area contributed by atoms with Crippen LogP contribution in [-0.4, -0.2) is 0 Å². The zero-order valence-electron chi connectivity index (χ0n) is 11.0. The fraction of sp³-hybridized carbons (Fsp3) is 0.188. The van der Waals surface area contributed by atoms with Gasteiger partial charge >= 0.3 is 0 Å². The van der Waals surface area contributed by atoms with E-state index in [2.05, 4.69) is 11.4 Å². The largest absolute Gasteiger partial charge is 0.377 e. The van der Waals surface area contributed by atoms with Crippen LogP contribution < -0.4 is 5.32 Å². The Bertz CT molecular complexity index is 632. The first kappa shape index (κ1) is 14.4. The lowest BCUT2D eigenvalue weighted by atomic mass is 10.0. The van der Waals surface area contributed by atoms with E-state index in [1.807, 2.05) is 6.92 Å². The van der Waals surface area contributed by atoms with Crippen molar-refractivity contribution in [3.05, 3.63) is 64.4 Å². The first-order chi connectivity index (χ1) is 9.63. The lowest BCUT2D eigenvalue weighted by Gasteiger charge is -2.19. The molecule has 1 N–H and O–H groups in total. The summed E-state index contributed by atoms with van der Waals surface area (Å²) in [6.07, 6.45) is 0.818. The fourth-order valence-electron chi connectivity index (χ4n) is 2.01. The van der Waals surface area contributed by atoms with Gasteiger partial charge in [0, 0.05) is 0 Å². The van der Waals surface area contributed by atoms with Crippen LogP contribution >= 0.6 is 11.6 Å². The molecule has 1 atom stereocenters. The Morgan fingerprint density at radius 1 is 1.25 bits per heavy atom. The first-order valence-corrected chi connectivity index (χ1v) is 6.73. The fourth-order valence-corrected chi connectivity index (χ4v) is 2.18. The predicted molar refractivity (Wildman–Crippen MR) is 79.2 cm³/mol. The van der Waals surface area contributed by atoms with E-state index in [9.17, 15) is 4.39 Å². The molecule has 0 bridgehead atoms. The van der Waals surface area contributed by atoms with E-state index in [-0.39, 0.29) is 11.9 Å². The van der Waals surface area contributed by atoms with Gasteiger partial charge in [-0.3, -0.25) is 0 Å². The molecule has 2 aromatic rings. The molecule has 102 valence electrons. The Morgan fingerprint density at radius 2 is 1.95 bits per heavy atom. The van der Waals surface area contributed by atoms with Crippen molar-refractivity contribution in [2.75, 3.05) is 5.32 Å². The number of nitrogens with zero attached hydrogens (tertiary/aromatic N) is 1. The maximum atomic E-state index is 13.0. The second-order valence-electron chi connectivity index (χ2n) is 4.46. The second kappa shape index (κ2) is 6.40. The summed E-state index contributed by atoms with van der Waals surface area (Å²) in [6, 6.07) is 13.6. The standard InChI is InChI=1S/C16H14ClFN2/c1-2-15(12-4-6-13(18)7-5-12)20-16-9-11(10-19)3-8-14(16)17/h3-9,15,20H,2H2,1H3. The minimum Gasteiger partial charge on any atom is -0.377 e. The van der Waals surface area contributed by atoms with E-state index in [4.69, 9.17) is 16.9 Å². The second-order valence-corrected chi connectivity index (χ2v) is 4.87. The highest BCUT2D eigenvalue weighted by Crippen LogP contribution is 2.28. The highest BCUT2D eigenvalue weighted by molar-refractivity contribution is 6.33. The minimum absolute atomic E-state index is 0.0158. The Labute approximate surface area is 122 Å². The van der Waals surface area contributed by atoms with Crippen molar-refractivity contribution >= 4 is 17.3 Å². The number of nitrogens with one attached hydrogen (secondary N) is 1. The van der Waals surface area contributed by atoms with Crippen molar-refractivity contribution in [2.24, 2.45) is 0 Å². The molecule has 0 amide bonds. The zero-order chi connectivity index (χ0) is 14.5. The van der Waals surface area contributed by atoms with Gasteiger partial charge in [-0.05, 0) is 42.3 Å². The monoisotopic (exact) mass is 288 g/mol. The molecule has 0 radical (unpaired) electrons. The van der Waals surface area contributed by atoms with E-state index in [0.717, 1.165) is 12.0 Å². The molecular weight excluding hydrogens is 275 g/mol. The average Bonchev–Trinajstić information content (AvgIpc) is 2.47. The van der Waals surface area contributed by atoms with Gasteiger partial charge in [0.15, 0.2) is 0 Å². The molecule has 4 heteroatoms. The molecular formula is C16H14ClFN2. The van der Waals surface area contributed by atoms with Crippen LogP contribution in [0.3, 0.4) is 0 Å². The van der Waals surface area contributed by atoms with Crippen molar-refractivity contribution in [3.8, 4) is 6.07 Å². The summed E-state index contributed by atoms with van der Waals surface area (Å²) in [7, 11) is 0. The third-order valence-corrected chi connectivity index (χ3v) is 3.44. The topological polar surface area (TPSA) is 35.8 Å². The molecule has 0 aliphatic rings. The third-order valence-electron chi connectivity index (χ3n) is 3.11. The van der Waals surface area contributed by atoms with E-state index < -0.39 is 0 Å². The van der Waals surface area contributed by atoms with Crippen LogP contribution in [0.25, 0.3) is 0 Å². The quantitative estimate of drug-likeness (QED) is 0.867. The zero-order valence-corrected chi connectivity index (χ0v) is 11.8. The molecule has 2 rings (SSSR count). The Morgan fingerprint density at radius 3 is 2.55 bits per heavy atom. The Hall–Kier alpha value is -2.05. The summed E-state index contributed by atoms with van der Waals surface area (Å²) in [4.78, 5) is 0. The predicted octanol–water partition coefficient (Wildman–Crippen LogP) is 4.91. The lowest BCUT2D eigenvalue weighted by molar-refractivity contribution is 0.625. The van der Waals surface area contributed by atoms with Crippen LogP contribution in [0.4, 0.5) is 10.1 Å². The summed E-state index contributed by atoms with van der Waals surface area (Å²) < 4.78 is 13.0. The summed E-state index contributed by atoms with van der Waals surface area (Å²) in [6.45, 7) is 2.03. The van der Waals surface area contributed by atoms with Crippen LogP contribution in [0.15, 0.2) is 42.5 Å². The van der Waals surface area contributed by atoms with Gasteiger partial charge in [0.2, 0.25) is 0 Å². The molecule has 20 heavy (non-hydrogen) atoms. The van der Waals surface area contributed by atoms with E-state index in [0.29, 0.717) is 16.3 Å². The van der Waals surface area contributed by atoms with Gasteiger partial charge in [-0.2, -0.15) is 5.26 Å². The van der Waals surface area contributed by atoms with Crippen LogP contribution in [0.5, 0.6) is 0 Å². The maximum Gasteiger partial charge on any atom is 0.123 e. The molecule has 1 unspecified atom stereocenters. The molecule has 0 aliphatic heterocycles. The summed E-state index contributed by atoms with van der Waals surface area (Å²) in [5, 5.41) is 12.8. The molecule has 2 aromatic carbocycles. The van der Waals surface area contributed by atoms with Crippen LogP contribution in [0.2, 0.25) is 5.02 Å². The highest BCUT2D eigenvalue weighted by atomic mass is 35.5. The number of anilines is 1. The van der Waals surface area contributed by atoms with E-state index >= 15 is 0 Å². The van der Waals surface area contributed by atoms with Gasteiger partial charge < -0.3 is 5.32 Å². The number of benzene rings is 2. The van der Waals surface area contributed by atoms with E-state index in [1.165, 1.54) is 12.1 Å². The summed E-state index contributed by atoms with van der Waals surface area (Å²) in [5.74, 6) is -0.256. The smallest absolute Gasteiger partial charge is 0.123 e. The number of rotatable bonds is 4. The molecule has 0 aliphatic carbocycles. The number of nitriles is 1. The maximum absolute atomic E-state index is 13.0. The van der Waals surface area contributed by atoms with Gasteiger partial charge in [-0.25, -0.2) is 4.39 Å². The molecule has 0 spiro atoms. The Balaban J connectivity index is 2.26. The van der Waals surface area contributed by atoms with Crippen LogP contribution in [0, 0.1) is 17.1 Å². The number of halogens is 2. The summed E-state index contributed by atoms with van der Waals surface area (Å²) in [5.41, 5.74) is 2.24. The van der Waals surface area contributed by atoms with Gasteiger partial charge in [-0.15, -0.1) is 0 Å². The normalized spacial score (nSPS) is 11.7. The minimum atomic E-state index is -0.256. The van der Waals surface area contributed by atoms with Crippen LogP contribution in [0.1, 0.15) is 30.5 Å². The average molecular weight is 289 g/mol. The van der Waals surface area contributed by atoms with Crippen LogP contribution in [-0.2, 0) is 0 Å². The molecule has 0 saturated carbocycles. The van der Waals surface area contributed by atoms with Gasteiger partial charge in [0.25, 0.3) is 0 Å². The molecule has 0 heterocycles. The number of hydrogen-bond acceptors (Lipinski definition) is 2. The molecule has 0 fully saturated rings.